The minimum Gasteiger partial charge on any atom is -0.507 e. The summed E-state index contributed by atoms with van der Waals surface area (Å²) in [5, 5.41) is 17.1. The first-order valence-electron chi connectivity index (χ1n) is 2.10. The molecule has 0 heterocycles. The van der Waals surface area contributed by atoms with E-state index in [-0.39, 0.29) is 11.5 Å². The number of hydrogen-bond acceptors (Lipinski definition) is 2. The molecule has 2 nitrogen and oxygen atoms in total. The summed E-state index contributed by atoms with van der Waals surface area (Å²) >= 11 is 0. The van der Waals surface area contributed by atoms with Crippen molar-refractivity contribution in [2.45, 2.75) is 0 Å². The minimum absolute atomic E-state index is 0.0113. The summed E-state index contributed by atoms with van der Waals surface area (Å²) in [6, 6.07) is 7.24. The van der Waals surface area contributed by atoms with Crippen LogP contribution in [0.5, 0.6) is 11.5 Å². The van der Waals surface area contributed by atoms with E-state index >= 15 is 0 Å². The number of phenolic OH excluding ortho intramolecular Hbond substituents is 2. The van der Waals surface area contributed by atoms with Gasteiger partial charge in [-0.15, -0.1) is 0 Å². The Kier molecular flexibility index (Phi) is 1.08. The van der Waals surface area contributed by atoms with E-state index in [9.17, 15) is 0 Å². The maximum atomic E-state index is 8.56. The van der Waals surface area contributed by atoms with Crippen molar-refractivity contribution < 1.29 is 10.2 Å². The summed E-state index contributed by atoms with van der Waals surface area (Å²) in [4.78, 5) is 0. The molecule has 1 aromatic rings. The highest BCUT2D eigenvalue weighted by Crippen LogP contribution is 2.11. The van der Waals surface area contributed by atoms with Crippen LogP contribution in [0.2, 0.25) is 0 Å². The Morgan fingerprint density at radius 1 is 1.00 bits per heavy atom. The molecule has 0 fully saturated rings. The van der Waals surface area contributed by atoms with E-state index in [4.69, 9.17) is 10.2 Å². The lowest BCUT2D eigenvalue weighted by molar-refractivity contribution is 0.458. The largest absolute Gasteiger partial charge is 0.507 e. The lowest BCUT2D eigenvalue weighted by atomic mass is 10.3. The molecule has 0 aromatic heterocycles. The van der Waals surface area contributed by atoms with E-state index in [1.807, 2.05) is 0 Å². The second kappa shape index (κ2) is 1.74. The lowest BCUT2D eigenvalue weighted by Crippen LogP contribution is -1.63. The normalized spacial score (nSPS) is 9.00. The molecule has 0 spiro atoms. The fraction of sp³-hybridized carbons (Fsp3) is 0. The van der Waals surface area contributed by atoms with E-state index in [2.05, 4.69) is 12.1 Å². The van der Waals surface area contributed by atoms with Crippen LogP contribution in [-0.2, 0) is 0 Å². The number of rotatable bonds is 0. The molecule has 0 unspecified atom stereocenters. The SMILES string of the molecule is Oc1[c]cc(O)[c]c1. The van der Waals surface area contributed by atoms with Gasteiger partial charge in [-0.3, -0.25) is 0 Å². The Bertz CT molecular complexity index is 145. The maximum Gasteiger partial charge on any atom is 0.124 e. The van der Waals surface area contributed by atoms with Crippen molar-refractivity contribution in [3.05, 3.63) is 24.3 Å². The highest BCUT2D eigenvalue weighted by Gasteiger charge is 1.86. The monoisotopic (exact) mass is 108 g/mol. The third-order valence-corrected chi connectivity index (χ3v) is 0.714. The van der Waals surface area contributed by atoms with Gasteiger partial charge in [0.25, 0.3) is 0 Å². The van der Waals surface area contributed by atoms with Gasteiger partial charge < -0.3 is 10.2 Å². The molecule has 0 atom stereocenters. The molecule has 1 aromatic carbocycles. The molecule has 2 heteroatoms. The van der Waals surface area contributed by atoms with Gasteiger partial charge in [0.15, 0.2) is 0 Å². The first kappa shape index (κ1) is 4.97. The van der Waals surface area contributed by atoms with Gasteiger partial charge in [-0.05, 0) is 12.1 Å². The number of benzene rings is 1. The molecule has 40 valence electrons. The first-order valence-corrected chi connectivity index (χ1v) is 2.10. The summed E-state index contributed by atoms with van der Waals surface area (Å²) in [5.41, 5.74) is 0. The second-order valence-electron chi connectivity index (χ2n) is 1.35. The molecule has 0 amide bonds. The fourth-order valence-electron chi connectivity index (χ4n) is 0.368. The Morgan fingerprint density at radius 2 is 1.38 bits per heavy atom. The molecule has 2 radical (unpaired) electrons. The van der Waals surface area contributed by atoms with Gasteiger partial charge in [0.05, 0.1) is 0 Å². The van der Waals surface area contributed by atoms with Crippen molar-refractivity contribution in [1.29, 1.82) is 0 Å². The summed E-state index contributed by atoms with van der Waals surface area (Å²) < 4.78 is 0. The molecule has 0 aliphatic heterocycles. The Hall–Kier alpha value is -1.18. The smallest absolute Gasteiger partial charge is 0.124 e. The van der Waals surface area contributed by atoms with Crippen molar-refractivity contribution in [3.8, 4) is 11.5 Å². The van der Waals surface area contributed by atoms with Gasteiger partial charge in [-0.2, -0.15) is 0 Å². The maximum absolute atomic E-state index is 8.56. The molecule has 0 saturated heterocycles. The quantitative estimate of drug-likeness (QED) is 0.480. The van der Waals surface area contributed by atoms with Crippen molar-refractivity contribution in [2.24, 2.45) is 0 Å². The van der Waals surface area contributed by atoms with Crippen LogP contribution in [0.1, 0.15) is 0 Å². The van der Waals surface area contributed by atoms with Crippen LogP contribution in [0.15, 0.2) is 12.1 Å². The predicted octanol–water partition coefficient (Wildman–Crippen LogP) is 0.698. The first-order chi connectivity index (χ1) is 3.79. The van der Waals surface area contributed by atoms with Crippen LogP contribution in [-0.4, -0.2) is 10.2 Å². The standard InChI is InChI=1S/C6H4O2/c7-5-1-2-6(8)4-3-5/h1,4,7-8H. The Labute approximate surface area is 47.0 Å². The lowest BCUT2D eigenvalue weighted by Gasteiger charge is -1.87. The van der Waals surface area contributed by atoms with Gasteiger partial charge in [0, 0.05) is 12.1 Å². The number of phenols is 2. The van der Waals surface area contributed by atoms with E-state index < -0.39 is 0 Å². The van der Waals surface area contributed by atoms with Gasteiger partial charge in [0.2, 0.25) is 0 Å². The predicted molar refractivity (Wildman–Crippen MR) is 27.4 cm³/mol. The van der Waals surface area contributed by atoms with E-state index in [0.29, 0.717) is 0 Å². The van der Waals surface area contributed by atoms with Gasteiger partial charge in [0.1, 0.15) is 11.5 Å². The van der Waals surface area contributed by atoms with Crippen molar-refractivity contribution in [3.63, 3.8) is 0 Å². The van der Waals surface area contributed by atoms with Crippen LogP contribution < -0.4 is 0 Å². The second-order valence-corrected chi connectivity index (χ2v) is 1.35. The summed E-state index contributed by atoms with van der Waals surface area (Å²) in [7, 11) is 0. The zero-order valence-corrected chi connectivity index (χ0v) is 4.05. The molecule has 0 aliphatic carbocycles. The summed E-state index contributed by atoms with van der Waals surface area (Å²) in [5.74, 6) is -0.0226. The summed E-state index contributed by atoms with van der Waals surface area (Å²) in [6.07, 6.45) is 0. The molecule has 0 saturated carbocycles. The minimum atomic E-state index is -0.0113. The average Bonchev–Trinajstić information content (AvgIpc) is 1.77. The molecule has 0 aliphatic rings. The van der Waals surface area contributed by atoms with E-state index in [1.165, 1.54) is 12.1 Å². The van der Waals surface area contributed by atoms with Crippen LogP contribution >= 0.6 is 0 Å². The topological polar surface area (TPSA) is 40.5 Å². The zero-order valence-electron chi connectivity index (χ0n) is 4.05. The molecule has 2 N–H and O–H groups in total. The van der Waals surface area contributed by atoms with Crippen LogP contribution in [0.3, 0.4) is 0 Å². The molecule has 8 heavy (non-hydrogen) atoms. The van der Waals surface area contributed by atoms with E-state index in [0.717, 1.165) is 0 Å². The summed E-state index contributed by atoms with van der Waals surface area (Å²) in [6.45, 7) is 0. The molecule has 1 rings (SSSR count). The number of aromatic hydroxyl groups is 2. The third kappa shape index (κ3) is 0.904. The highest BCUT2D eigenvalue weighted by atomic mass is 16.3. The number of hydrogen-bond donors (Lipinski definition) is 2. The average molecular weight is 108 g/mol. The third-order valence-electron chi connectivity index (χ3n) is 0.714. The zero-order chi connectivity index (χ0) is 5.98. The van der Waals surface area contributed by atoms with Crippen LogP contribution in [0, 0.1) is 12.1 Å². The highest BCUT2D eigenvalue weighted by molar-refractivity contribution is 5.25. The molecular formula is C6H4O2. The van der Waals surface area contributed by atoms with Crippen molar-refractivity contribution >= 4 is 0 Å². The van der Waals surface area contributed by atoms with E-state index in [1.54, 1.807) is 0 Å². The van der Waals surface area contributed by atoms with Crippen molar-refractivity contribution in [1.82, 2.24) is 0 Å². The van der Waals surface area contributed by atoms with Crippen LogP contribution in [0.4, 0.5) is 0 Å². The van der Waals surface area contributed by atoms with Gasteiger partial charge in [-0.25, -0.2) is 0 Å². The molecular weight excluding hydrogens is 104 g/mol. The Balaban J connectivity index is 3.03. The van der Waals surface area contributed by atoms with Gasteiger partial charge >= 0.3 is 0 Å². The molecule has 0 bridgehead atoms. The Morgan fingerprint density at radius 3 is 1.62 bits per heavy atom. The fourth-order valence-corrected chi connectivity index (χ4v) is 0.368. The van der Waals surface area contributed by atoms with Crippen molar-refractivity contribution in [2.75, 3.05) is 0 Å². The van der Waals surface area contributed by atoms with Gasteiger partial charge in [-0.1, -0.05) is 0 Å². The van der Waals surface area contributed by atoms with Crippen LogP contribution in [0.25, 0.3) is 0 Å².